The number of amides is 1. The summed E-state index contributed by atoms with van der Waals surface area (Å²) in [4.78, 5) is 25.5. The molecule has 2 rings (SSSR count). The molecule has 1 amide bonds. The zero-order valence-corrected chi connectivity index (χ0v) is 14.1. The van der Waals surface area contributed by atoms with Crippen molar-refractivity contribution in [3.05, 3.63) is 50.9 Å². The molecule has 8 nitrogen and oxygen atoms in total. The lowest BCUT2D eigenvalue weighted by atomic mass is 9.97. The predicted octanol–water partition coefficient (Wildman–Crippen LogP) is 2.67. The van der Waals surface area contributed by atoms with Gasteiger partial charge in [-0.05, 0) is 0 Å². The van der Waals surface area contributed by atoms with Crippen LogP contribution in [-0.4, -0.2) is 27.5 Å². The van der Waals surface area contributed by atoms with Crippen molar-refractivity contribution in [2.75, 3.05) is 6.54 Å². The van der Waals surface area contributed by atoms with Crippen LogP contribution in [0.3, 0.4) is 0 Å². The van der Waals surface area contributed by atoms with E-state index < -0.39 is 39.5 Å². The van der Waals surface area contributed by atoms with Crippen molar-refractivity contribution in [1.29, 1.82) is 0 Å². The first-order chi connectivity index (χ1) is 12.0. The Hall–Kier alpha value is -2.98. The van der Waals surface area contributed by atoms with Gasteiger partial charge in [0.05, 0.1) is 10.5 Å². The van der Waals surface area contributed by atoms with Crippen LogP contribution in [-0.2, 0) is 11.8 Å². The van der Waals surface area contributed by atoms with Crippen molar-refractivity contribution in [2.45, 2.75) is 32.6 Å². The third-order valence-corrected chi connectivity index (χ3v) is 3.31. The van der Waals surface area contributed by atoms with Crippen molar-refractivity contribution in [3.8, 4) is 0 Å². The van der Waals surface area contributed by atoms with Crippen molar-refractivity contribution in [2.24, 2.45) is 0 Å². The molecule has 0 aliphatic rings. The van der Waals surface area contributed by atoms with Crippen LogP contribution in [0.2, 0.25) is 0 Å². The number of rotatable bonds is 5. The molecule has 0 fully saturated rings. The highest BCUT2D eigenvalue weighted by Crippen LogP contribution is 2.25. The van der Waals surface area contributed by atoms with Gasteiger partial charge in [0.25, 0.3) is 5.91 Å². The summed E-state index contributed by atoms with van der Waals surface area (Å²) in [5.74, 6) is -6.32. The van der Waals surface area contributed by atoms with E-state index in [2.05, 4.69) is 15.5 Å². The minimum absolute atomic E-state index is 0.0752. The molecule has 1 aromatic carbocycles. The molecule has 0 atom stereocenters. The molecule has 0 bridgehead atoms. The normalized spacial score (nSPS) is 11.5. The van der Waals surface area contributed by atoms with Gasteiger partial charge in [0.2, 0.25) is 17.5 Å². The van der Waals surface area contributed by atoms with Gasteiger partial charge in [0.15, 0.2) is 11.6 Å². The molecule has 0 aliphatic heterocycles. The molecule has 26 heavy (non-hydrogen) atoms. The quantitative estimate of drug-likeness (QED) is 0.491. The Labute approximate surface area is 145 Å². The summed E-state index contributed by atoms with van der Waals surface area (Å²) in [6.07, 6.45) is 0.124. The molecule has 11 heteroatoms. The number of hydrogen-bond donors (Lipinski definition) is 1. The van der Waals surface area contributed by atoms with Gasteiger partial charge < -0.3 is 9.84 Å². The number of aromatic nitrogens is 2. The van der Waals surface area contributed by atoms with Crippen LogP contribution in [0.1, 0.15) is 42.8 Å². The molecule has 0 spiro atoms. The summed E-state index contributed by atoms with van der Waals surface area (Å²) in [6.45, 7) is 5.52. The summed E-state index contributed by atoms with van der Waals surface area (Å²) in [6, 6.07) is 0.342. The number of benzene rings is 1. The third-order valence-electron chi connectivity index (χ3n) is 3.31. The Kier molecular flexibility index (Phi) is 5.28. The van der Waals surface area contributed by atoms with Crippen LogP contribution >= 0.6 is 0 Å². The standard InChI is InChI=1S/C15H15F3N4O4/c1-15(2,3)14-20-9(21-26-14)4-5-19-13(23)7-6-8(22(24)25)11(17)12(18)10(7)16/h6H,4-5H2,1-3H3,(H,19,23). The first-order valence-electron chi connectivity index (χ1n) is 7.45. The van der Waals surface area contributed by atoms with Gasteiger partial charge in [0.1, 0.15) is 0 Å². The lowest BCUT2D eigenvalue weighted by Gasteiger charge is -2.10. The maximum Gasteiger partial charge on any atom is 0.308 e. The average Bonchev–Trinajstić information content (AvgIpc) is 3.01. The monoisotopic (exact) mass is 372 g/mol. The van der Waals surface area contributed by atoms with Gasteiger partial charge >= 0.3 is 5.69 Å². The van der Waals surface area contributed by atoms with Crippen molar-refractivity contribution in [1.82, 2.24) is 15.5 Å². The smallest absolute Gasteiger partial charge is 0.308 e. The summed E-state index contributed by atoms with van der Waals surface area (Å²) in [5.41, 5.74) is -2.66. The first-order valence-corrected chi connectivity index (χ1v) is 7.45. The molecule has 0 saturated heterocycles. The van der Waals surface area contributed by atoms with E-state index in [-0.39, 0.29) is 24.2 Å². The summed E-state index contributed by atoms with van der Waals surface area (Å²) in [7, 11) is 0. The highest BCUT2D eigenvalue weighted by Gasteiger charge is 2.28. The van der Waals surface area contributed by atoms with Gasteiger partial charge in [-0.2, -0.15) is 9.37 Å². The molecular formula is C15H15F3N4O4. The summed E-state index contributed by atoms with van der Waals surface area (Å²) in [5, 5.41) is 16.6. The van der Waals surface area contributed by atoms with Crippen molar-refractivity contribution < 1.29 is 27.4 Å². The number of halogens is 3. The van der Waals surface area contributed by atoms with Gasteiger partial charge in [0, 0.05) is 24.4 Å². The second kappa shape index (κ2) is 7.10. The van der Waals surface area contributed by atoms with Crippen LogP contribution < -0.4 is 5.32 Å². The van der Waals surface area contributed by atoms with Gasteiger partial charge in [-0.25, -0.2) is 8.78 Å². The Bertz CT molecular complexity index is 861. The van der Waals surface area contributed by atoms with Crippen LogP contribution in [0.25, 0.3) is 0 Å². The fourth-order valence-electron chi connectivity index (χ4n) is 1.93. The predicted molar refractivity (Wildman–Crippen MR) is 82.0 cm³/mol. The average molecular weight is 372 g/mol. The molecule has 0 unspecified atom stereocenters. The van der Waals surface area contributed by atoms with E-state index >= 15 is 0 Å². The number of nitrogens with one attached hydrogen (secondary N) is 1. The lowest BCUT2D eigenvalue weighted by Crippen LogP contribution is -2.27. The second-order valence-electron chi connectivity index (χ2n) is 6.41. The van der Waals surface area contributed by atoms with E-state index in [0.29, 0.717) is 12.0 Å². The molecule has 0 saturated carbocycles. The zero-order chi connectivity index (χ0) is 19.6. The maximum absolute atomic E-state index is 13.7. The van der Waals surface area contributed by atoms with Crippen LogP contribution in [0.5, 0.6) is 0 Å². The molecule has 1 heterocycles. The largest absolute Gasteiger partial charge is 0.351 e. The highest BCUT2D eigenvalue weighted by molar-refractivity contribution is 5.95. The highest BCUT2D eigenvalue weighted by atomic mass is 19.2. The van der Waals surface area contributed by atoms with Crippen LogP contribution in [0.15, 0.2) is 10.6 Å². The van der Waals surface area contributed by atoms with E-state index in [1.54, 1.807) is 0 Å². The minimum Gasteiger partial charge on any atom is -0.351 e. The molecule has 0 radical (unpaired) electrons. The SMILES string of the molecule is CC(C)(C)c1nc(CCNC(=O)c2cc([N+](=O)[O-])c(F)c(F)c2F)no1. The second-order valence-corrected chi connectivity index (χ2v) is 6.41. The van der Waals surface area contributed by atoms with E-state index in [1.165, 1.54) is 0 Å². The Morgan fingerprint density at radius 2 is 1.92 bits per heavy atom. The Morgan fingerprint density at radius 1 is 1.27 bits per heavy atom. The zero-order valence-electron chi connectivity index (χ0n) is 14.1. The molecule has 0 aliphatic carbocycles. The molecule has 2 aromatic rings. The lowest BCUT2D eigenvalue weighted by molar-refractivity contribution is -0.387. The molecule has 140 valence electrons. The molecular weight excluding hydrogens is 357 g/mol. The molecule has 1 N–H and O–H groups in total. The van der Waals surface area contributed by atoms with Crippen LogP contribution in [0.4, 0.5) is 18.9 Å². The Morgan fingerprint density at radius 3 is 2.46 bits per heavy atom. The summed E-state index contributed by atoms with van der Waals surface area (Å²) < 4.78 is 45.5. The fourth-order valence-corrected chi connectivity index (χ4v) is 1.93. The molecule has 1 aromatic heterocycles. The van der Waals surface area contributed by atoms with E-state index in [9.17, 15) is 28.1 Å². The topological polar surface area (TPSA) is 111 Å². The number of hydrogen-bond acceptors (Lipinski definition) is 6. The van der Waals surface area contributed by atoms with Crippen molar-refractivity contribution >= 4 is 11.6 Å². The van der Waals surface area contributed by atoms with E-state index in [1.807, 2.05) is 20.8 Å². The van der Waals surface area contributed by atoms with Gasteiger partial charge in [-0.3, -0.25) is 14.9 Å². The number of carbonyl (C=O) groups is 1. The number of nitrogens with zero attached hydrogens (tertiary/aromatic N) is 3. The number of nitro groups is 1. The van der Waals surface area contributed by atoms with Gasteiger partial charge in [-0.15, -0.1) is 0 Å². The first kappa shape index (κ1) is 19.3. The van der Waals surface area contributed by atoms with Crippen molar-refractivity contribution in [3.63, 3.8) is 0 Å². The van der Waals surface area contributed by atoms with E-state index in [4.69, 9.17) is 4.52 Å². The number of carbonyl (C=O) groups excluding carboxylic acids is 1. The fraction of sp³-hybridized carbons (Fsp3) is 0.400. The minimum atomic E-state index is -2.09. The van der Waals surface area contributed by atoms with Gasteiger partial charge in [-0.1, -0.05) is 25.9 Å². The van der Waals surface area contributed by atoms with E-state index in [0.717, 1.165) is 0 Å². The summed E-state index contributed by atoms with van der Waals surface area (Å²) >= 11 is 0. The number of nitro benzene ring substituents is 1. The van der Waals surface area contributed by atoms with Crippen LogP contribution in [0, 0.1) is 27.6 Å². The Balaban J connectivity index is 2.09. The maximum atomic E-state index is 13.7. The third kappa shape index (κ3) is 3.98.